The van der Waals surface area contributed by atoms with E-state index in [4.69, 9.17) is 16.9 Å². The Labute approximate surface area is 113 Å². The number of hydrogen-bond donors (Lipinski definition) is 1. The highest BCUT2D eigenvalue weighted by Gasteiger charge is 2.27. The summed E-state index contributed by atoms with van der Waals surface area (Å²) in [5.74, 6) is 2.33. The van der Waals surface area contributed by atoms with Crippen molar-refractivity contribution in [2.24, 2.45) is 5.73 Å². The summed E-state index contributed by atoms with van der Waals surface area (Å²) in [7, 11) is 0. The van der Waals surface area contributed by atoms with E-state index in [0.717, 1.165) is 5.56 Å². The number of morpholine rings is 1. The van der Waals surface area contributed by atoms with E-state index in [-0.39, 0.29) is 18.4 Å². The maximum Gasteiger partial charge on any atom is 0.240 e. The molecule has 2 N–H and O–H groups in total. The van der Waals surface area contributed by atoms with Crippen LogP contribution in [0.3, 0.4) is 0 Å². The summed E-state index contributed by atoms with van der Waals surface area (Å²) in [6.45, 7) is 1.62. The molecule has 1 aromatic carbocycles. The molecule has 4 heteroatoms. The molecule has 1 heterocycles. The van der Waals surface area contributed by atoms with Crippen LogP contribution in [-0.2, 0) is 9.53 Å². The minimum Gasteiger partial charge on any atom is -0.370 e. The van der Waals surface area contributed by atoms with Gasteiger partial charge in [0.05, 0.1) is 19.2 Å². The van der Waals surface area contributed by atoms with Gasteiger partial charge in [-0.3, -0.25) is 4.79 Å². The Hall–Kier alpha value is -1.83. The highest BCUT2D eigenvalue weighted by atomic mass is 16.5. The molecule has 2 atom stereocenters. The zero-order valence-corrected chi connectivity index (χ0v) is 10.8. The predicted molar refractivity (Wildman–Crippen MR) is 73.1 cm³/mol. The molecule has 1 amide bonds. The molecule has 1 saturated heterocycles. The third-order valence-electron chi connectivity index (χ3n) is 3.20. The number of hydrogen-bond acceptors (Lipinski definition) is 3. The van der Waals surface area contributed by atoms with Crippen molar-refractivity contribution in [3.8, 4) is 12.3 Å². The lowest BCUT2D eigenvalue weighted by atomic mass is 10.1. The van der Waals surface area contributed by atoms with Crippen molar-refractivity contribution in [2.45, 2.75) is 18.6 Å². The average molecular weight is 258 g/mol. The topological polar surface area (TPSA) is 55.6 Å². The van der Waals surface area contributed by atoms with Gasteiger partial charge in [0.1, 0.15) is 6.10 Å². The Bertz CT molecular complexity index is 467. The van der Waals surface area contributed by atoms with Crippen molar-refractivity contribution in [2.75, 3.05) is 19.7 Å². The van der Waals surface area contributed by atoms with E-state index in [0.29, 0.717) is 19.7 Å². The molecule has 0 bridgehead atoms. The van der Waals surface area contributed by atoms with Crippen LogP contribution in [0.1, 0.15) is 18.1 Å². The summed E-state index contributed by atoms with van der Waals surface area (Å²) in [5, 5.41) is 0. The molecule has 1 aliphatic heterocycles. The maximum absolute atomic E-state index is 12.1. The van der Waals surface area contributed by atoms with Crippen molar-refractivity contribution in [1.29, 1.82) is 0 Å². The van der Waals surface area contributed by atoms with Gasteiger partial charge in [-0.05, 0) is 5.56 Å². The molecule has 19 heavy (non-hydrogen) atoms. The molecule has 0 radical (unpaired) electrons. The summed E-state index contributed by atoms with van der Waals surface area (Å²) < 4.78 is 5.71. The lowest BCUT2D eigenvalue weighted by molar-refractivity contribution is -0.140. The molecule has 4 nitrogen and oxygen atoms in total. The highest BCUT2D eigenvalue weighted by Crippen LogP contribution is 2.22. The first kappa shape index (κ1) is 13.6. The second-order valence-electron chi connectivity index (χ2n) is 4.57. The number of benzene rings is 1. The average Bonchev–Trinajstić information content (AvgIpc) is 2.48. The normalized spacial score (nSPS) is 20.6. The van der Waals surface area contributed by atoms with E-state index < -0.39 is 6.04 Å². The van der Waals surface area contributed by atoms with Gasteiger partial charge in [-0.2, -0.15) is 0 Å². The van der Waals surface area contributed by atoms with Gasteiger partial charge in [-0.1, -0.05) is 30.3 Å². The molecule has 2 rings (SSSR count). The smallest absolute Gasteiger partial charge is 0.240 e. The number of nitrogens with two attached hydrogens (primary N) is 1. The van der Waals surface area contributed by atoms with E-state index in [9.17, 15) is 4.79 Å². The lowest BCUT2D eigenvalue weighted by Gasteiger charge is -2.34. The lowest BCUT2D eigenvalue weighted by Crippen LogP contribution is -2.49. The van der Waals surface area contributed by atoms with Gasteiger partial charge in [-0.15, -0.1) is 12.3 Å². The van der Waals surface area contributed by atoms with Crippen molar-refractivity contribution in [3.63, 3.8) is 0 Å². The summed E-state index contributed by atoms with van der Waals surface area (Å²) in [5.41, 5.74) is 6.84. The Kier molecular flexibility index (Phi) is 4.56. The number of nitrogens with zero attached hydrogens (tertiary/aromatic N) is 1. The Morgan fingerprint density at radius 2 is 2.26 bits per heavy atom. The van der Waals surface area contributed by atoms with Crippen molar-refractivity contribution in [3.05, 3.63) is 35.9 Å². The van der Waals surface area contributed by atoms with E-state index in [1.807, 2.05) is 30.3 Å². The molecule has 100 valence electrons. The van der Waals surface area contributed by atoms with Gasteiger partial charge in [-0.25, -0.2) is 0 Å². The minimum absolute atomic E-state index is 0.0862. The standard InChI is InChI=1S/C15H18N2O2/c1-2-6-13(16)15(18)17-9-10-19-14(11-17)12-7-4-3-5-8-12/h1,3-5,7-8,13-14H,6,9-11,16H2. The molecule has 0 aromatic heterocycles. The number of carbonyl (C=O) groups excluding carboxylic acids is 1. The summed E-state index contributed by atoms with van der Waals surface area (Å²) in [6.07, 6.45) is 5.37. The Morgan fingerprint density at radius 1 is 1.53 bits per heavy atom. The molecule has 1 aliphatic rings. The summed E-state index contributed by atoms with van der Waals surface area (Å²) >= 11 is 0. The molecule has 2 unspecified atom stereocenters. The van der Waals surface area contributed by atoms with E-state index >= 15 is 0 Å². The summed E-state index contributed by atoms with van der Waals surface area (Å²) in [6, 6.07) is 9.27. The molecule has 1 fully saturated rings. The van der Waals surface area contributed by atoms with Gasteiger partial charge in [0.15, 0.2) is 0 Å². The van der Waals surface area contributed by atoms with Crippen LogP contribution in [0.2, 0.25) is 0 Å². The summed E-state index contributed by atoms with van der Waals surface area (Å²) in [4.78, 5) is 13.9. The van der Waals surface area contributed by atoms with Crippen LogP contribution >= 0.6 is 0 Å². The number of terminal acetylenes is 1. The van der Waals surface area contributed by atoms with Gasteiger partial charge >= 0.3 is 0 Å². The van der Waals surface area contributed by atoms with Crippen LogP contribution in [-0.4, -0.2) is 36.5 Å². The second-order valence-corrected chi connectivity index (χ2v) is 4.57. The van der Waals surface area contributed by atoms with E-state index in [1.165, 1.54) is 0 Å². The number of rotatable bonds is 3. The number of ether oxygens (including phenoxy) is 1. The van der Waals surface area contributed by atoms with E-state index in [2.05, 4.69) is 5.92 Å². The van der Waals surface area contributed by atoms with Crippen LogP contribution in [0, 0.1) is 12.3 Å². The Balaban J connectivity index is 2.02. The zero-order valence-electron chi connectivity index (χ0n) is 10.8. The fourth-order valence-electron chi connectivity index (χ4n) is 2.17. The SMILES string of the molecule is C#CCC(N)C(=O)N1CCOC(c2ccccc2)C1. The molecule has 1 aromatic rings. The third-order valence-corrected chi connectivity index (χ3v) is 3.20. The van der Waals surface area contributed by atoms with Gasteiger partial charge in [0.2, 0.25) is 5.91 Å². The van der Waals surface area contributed by atoms with Crippen molar-refractivity contribution >= 4 is 5.91 Å². The highest BCUT2D eigenvalue weighted by molar-refractivity contribution is 5.82. The maximum atomic E-state index is 12.1. The van der Waals surface area contributed by atoms with Crippen LogP contribution in [0.4, 0.5) is 0 Å². The predicted octanol–water partition coefficient (Wildman–Crippen LogP) is 0.937. The monoisotopic (exact) mass is 258 g/mol. The first-order chi connectivity index (χ1) is 9.22. The molecule has 0 aliphatic carbocycles. The van der Waals surface area contributed by atoms with Crippen LogP contribution in [0.5, 0.6) is 0 Å². The van der Waals surface area contributed by atoms with Crippen molar-refractivity contribution in [1.82, 2.24) is 4.90 Å². The molecule has 0 spiro atoms. The van der Waals surface area contributed by atoms with Crippen molar-refractivity contribution < 1.29 is 9.53 Å². The van der Waals surface area contributed by atoms with Gasteiger partial charge < -0.3 is 15.4 Å². The Morgan fingerprint density at radius 3 is 2.95 bits per heavy atom. The van der Waals surface area contributed by atoms with E-state index in [1.54, 1.807) is 4.90 Å². The second kappa shape index (κ2) is 6.37. The van der Waals surface area contributed by atoms with Crippen LogP contribution in [0.15, 0.2) is 30.3 Å². The largest absolute Gasteiger partial charge is 0.370 e. The zero-order chi connectivity index (χ0) is 13.7. The van der Waals surface area contributed by atoms with Crippen LogP contribution in [0.25, 0.3) is 0 Å². The fraction of sp³-hybridized carbons (Fsp3) is 0.400. The van der Waals surface area contributed by atoms with Crippen LogP contribution < -0.4 is 5.73 Å². The number of carbonyl (C=O) groups is 1. The number of amides is 1. The van der Waals surface area contributed by atoms with Gasteiger partial charge in [0, 0.05) is 13.0 Å². The fourth-order valence-corrected chi connectivity index (χ4v) is 2.17. The molecular weight excluding hydrogens is 240 g/mol. The van der Waals surface area contributed by atoms with Gasteiger partial charge in [0.25, 0.3) is 0 Å². The molecule has 0 saturated carbocycles. The third kappa shape index (κ3) is 3.34. The minimum atomic E-state index is -0.612. The quantitative estimate of drug-likeness (QED) is 0.821. The first-order valence-corrected chi connectivity index (χ1v) is 6.36. The first-order valence-electron chi connectivity index (χ1n) is 6.36. The molecular formula is C15H18N2O2.